The van der Waals surface area contributed by atoms with Gasteiger partial charge in [0.2, 0.25) is 5.91 Å². The van der Waals surface area contributed by atoms with Gasteiger partial charge in [0.05, 0.1) is 10.4 Å². The summed E-state index contributed by atoms with van der Waals surface area (Å²) in [6, 6.07) is 0. The Kier molecular flexibility index (Phi) is 5.60. The minimum absolute atomic E-state index is 0.206. The highest BCUT2D eigenvalue weighted by Gasteiger charge is 2.45. The van der Waals surface area contributed by atoms with Crippen LogP contribution in [-0.2, 0) is 4.79 Å². The number of hydrogen-bond acceptors (Lipinski definition) is 3. The van der Waals surface area contributed by atoms with E-state index in [2.05, 4.69) is 19.0 Å². The zero-order valence-corrected chi connectivity index (χ0v) is 14.3. The zero-order valence-electron chi connectivity index (χ0n) is 13.4. The number of amides is 1. The van der Waals surface area contributed by atoms with Crippen molar-refractivity contribution < 1.29 is 4.79 Å². The molecule has 1 aliphatic heterocycles. The van der Waals surface area contributed by atoms with Crippen LogP contribution in [0.5, 0.6) is 0 Å². The second kappa shape index (κ2) is 7.05. The van der Waals surface area contributed by atoms with Gasteiger partial charge in [-0.15, -0.1) is 0 Å². The molecule has 2 N–H and O–H groups in total. The van der Waals surface area contributed by atoms with Gasteiger partial charge in [-0.3, -0.25) is 4.79 Å². The lowest BCUT2D eigenvalue weighted by Gasteiger charge is -2.41. The third kappa shape index (κ3) is 3.75. The Bertz CT molecular complexity index is 383. The van der Waals surface area contributed by atoms with E-state index < -0.39 is 5.41 Å². The number of carbonyl (C=O) groups is 1. The summed E-state index contributed by atoms with van der Waals surface area (Å²) in [5.41, 5.74) is 5.44. The summed E-state index contributed by atoms with van der Waals surface area (Å²) in [6.07, 6.45) is 7.22. The largest absolute Gasteiger partial charge is 0.392 e. The van der Waals surface area contributed by atoms with Gasteiger partial charge in [-0.05, 0) is 45.7 Å². The Labute approximate surface area is 134 Å². The minimum atomic E-state index is -0.540. The molecule has 120 valence electrons. The predicted octanol–water partition coefficient (Wildman–Crippen LogP) is 2.02. The molecule has 1 aliphatic carbocycles. The molecule has 2 fully saturated rings. The molecule has 21 heavy (non-hydrogen) atoms. The van der Waals surface area contributed by atoms with Crippen LogP contribution in [0, 0.1) is 11.3 Å². The monoisotopic (exact) mass is 311 g/mol. The second-order valence-corrected chi connectivity index (χ2v) is 7.44. The first-order chi connectivity index (χ1) is 9.95. The van der Waals surface area contributed by atoms with Gasteiger partial charge in [0.25, 0.3) is 0 Å². The molecule has 1 saturated heterocycles. The Morgan fingerprint density at radius 2 is 1.81 bits per heavy atom. The molecule has 4 nitrogen and oxygen atoms in total. The summed E-state index contributed by atoms with van der Waals surface area (Å²) in [6.45, 7) is 2.84. The Morgan fingerprint density at radius 1 is 1.24 bits per heavy atom. The lowest BCUT2D eigenvalue weighted by atomic mass is 9.72. The maximum atomic E-state index is 13.0. The predicted molar refractivity (Wildman–Crippen MR) is 90.2 cm³/mol. The minimum Gasteiger partial charge on any atom is -0.392 e. The molecule has 0 atom stereocenters. The van der Waals surface area contributed by atoms with Gasteiger partial charge in [0, 0.05) is 19.6 Å². The summed E-state index contributed by atoms with van der Waals surface area (Å²) in [5, 5.41) is 0. The third-order valence-electron chi connectivity index (χ3n) is 5.11. The highest BCUT2D eigenvalue weighted by molar-refractivity contribution is 7.80. The molecule has 1 saturated carbocycles. The van der Waals surface area contributed by atoms with Crippen molar-refractivity contribution >= 4 is 23.1 Å². The van der Waals surface area contributed by atoms with Crippen molar-refractivity contribution in [1.82, 2.24) is 9.80 Å². The van der Waals surface area contributed by atoms with Crippen molar-refractivity contribution in [3.05, 3.63) is 0 Å². The number of hydrogen-bond donors (Lipinski definition) is 1. The standard InChI is InChI=1S/C16H29N3OS/c1-18(2)12-13-6-10-19(11-7-13)15(20)16(14(17)21)8-4-3-5-9-16/h13H,3-12H2,1-2H3,(H2,17,21). The Hall–Kier alpha value is -0.680. The first kappa shape index (κ1) is 16.7. The number of likely N-dealkylation sites (tertiary alicyclic amines) is 1. The first-order valence-electron chi connectivity index (χ1n) is 8.20. The summed E-state index contributed by atoms with van der Waals surface area (Å²) in [7, 11) is 4.23. The number of nitrogens with two attached hydrogens (primary N) is 1. The van der Waals surface area contributed by atoms with Gasteiger partial charge in [0.1, 0.15) is 0 Å². The quantitative estimate of drug-likeness (QED) is 0.807. The van der Waals surface area contributed by atoms with Crippen molar-refractivity contribution in [2.75, 3.05) is 33.7 Å². The number of thiocarbonyl (C=S) groups is 1. The van der Waals surface area contributed by atoms with Crippen molar-refractivity contribution in [1.29, 1.82) is 0 Å². The highest BCUT2D eigenvalue weighted by Crippen LogP contribution is 2.39. The average molecular weight is 311 g/mol. The molecule has 1 amide bonds. The molecule has 2 rings (SSSR count). The van der Waals surface area contributed by atoms with E-state index in [9.17, 15) is 4.79 Å². The number of carbonyl (C=O) groups excluding carboxylic acids is 1. The fraction of sp³-hybridized carbons (Fsp3) is 0.875. The van der Waals surface area contributed by atoms with Crippen LogP contribution in [0.15, 0.2) is 0 Å². The first-order valence-corrected chi connectivity index (χ1v) is 8.60. The van der Waals surface area contributed by atoms with Crippen LogP contribution in [-0.4, -0.2) is 54.4 Å². The van der Waals surface area contributed by atoms with E-state index >= 15 is 0 Å². The van der Waals surface area contributed by atoms with E-state index in [4.69, 9.17) is 18.0 Å². The van der Waals surface area contributed by atoms with E-state index in [1.165, 1.54) is 6.42 Å². The van der Waals surface area contributed by atoms with Crippen LogP contribution < -0.4 is 5.73 Å². The molecule has 0 spiro atoms. The summed E-state index contributed by atoms with van der Waals surface area (Å²) >= 11 is 5.28. The molecule has 0 radical (unpaired) electrons. The van der Waals surface area contributed by atoms with E-state index in [1.54, 1.807) is 0 Å². The van der Waals surface area contributed by atoms with Gasteiger partial charge in [-0.1, -0.05) is 31.5 Å². The number of rotatable bonds is 4. The van der Waals surface area contributed by atoms with Crippen LogP contribution in [0.25, 0.3) is 0 Å². The second-order valence-electron chi connectivity index (χ2n) is 7.00. The molecule has 0 aromatic rings. The summed E-state index contributed by atoms with van der Waals surface area (Å²) in [5.74, 6) is 0.911. The average Bonchev–Trinajstić information content (AvgIpc) is 2.47. The van der Waals surface area contributed by atoms with Gasteiger partial charge in [-0.25, -0.2) is 0 Å². The molecule has 1 heterocycles. The molecule has 5 heteroatoms. The van der Waals surface area contributed by atoms with Crippen LogP contribution in [0.2, 0.25) is 0 Å². The fourth-order valence-electron chi connectivity index (χ4n) is 3.86. The zero-order chi connectivity index (χ0) is 15.5. The van der Waals surface area contributed by atoms with Gasteiger partial charge in [-0.2, -0.15) is 0 Å². The van der Waals surface area contributed by atoms with Crippen LogP contribution in [0.1, 0.15) is 44.9 Å². The summed E-state index contributed by atoms with van der Waals surface area (Å²) < 4.78 is 0. The topological polar surface area (TPSA) is 49.6 Å². The maximum Gasteiger partial charge on any atom is 0.235 e. The van der Waals surface area contributed by atoms with E-state index in [1.807, 2.05) is 4.90 Å². The molecular weight excluding hydrogens is 282 g/mol. The van der Waals surface area contributed by atoms with Crippen LogP contribution >= 0.6 is 12.2 Å². The SMILES string of the molecule is CN(C)CC1CCN(C(=O)C2(C(N)=S)CCCCC2)CC1. The van der Waals surface area contributed by atoms with Crippen molar-refractivity contribution in [2.24, 2.45) is 17.1 Å². The van der Waals surface area contributed by atoms with Crippen LogP contribution in [0.4, 0.5) is 0 Å². The molecule has 2 aliphatic rings. The maximum absolute atomic E-state index is 13.0. The van der Waals surface area contributed by atoms with Gasteiger partial charge >= 0.3 is 0 Å². The van der Waals surface area contributed by atoms with Crippen molar-refractivity contribution in [2.45, 2.75) is 44.9 Å². The fourth-order valence-corrected chi connectivity index (χ4v) is 4.15. The Balaban J connectivity index is 1.98. The van der Waals surface area contributed by atoms with E-state index in [-0.39, 0.29) is 5.91 Å². The molecule has 0 bridgehead atoms. The van der Waals surface area contributed by atoms with E-state index in [0.717, 1.165) is 58.2 Å². The number of piperidine rings is 1. The normalized spacial score (nSPS) is 23.3. The van der Waals surface area contributed by atoms with Crippen molar-refractivity contribution in [3.63, 3.8) is 0 Å². The molecule has 0 aromatic heterocycles. The lowest BCUT2D eigenvalue weighted by Crippen LogP contribution is -2.53. The van der Waals surface area contributed by atoms with Gasteiger partial charge in [0.15, 0.2) is 0 Å². The summed E-state index contributed by atoms with van der Waals surface area (Å²) in [4.78, 5) is 17.7. The molecule has 0 aromatic carbocycles. The highest BCUT2D eigenvalue weighted by atomic mass is 32.1. The van der Waals surface area contributed by atoms with Crippen LogP contribution in [0.3, 0.4) is 0 Å². The Morgan fingerprint density at radius 3 is 2.29 bits per heavy atom. The number of nitrogens with zero attached hydrogens (tertiary/aromatic N) is 2. The van der Waals surface area contributed by atoms with Crippen molar-refractivity contribution in [3.8, 4) is 0 Å². The smallest absolute Gasteiger partial charge is 0.235 e. The van der Waals surface area contributed by atoms with Gasteiger partial charge < -0.3 is 15.5 Å². The molecular formula is C16H29N3OS. The lowest BCUT2D eigenvalue weighted by molar-refractivity contribution is -0.141. The third-order valence-corrected chi connectivity index (χ3v) is 5.50. The van der Waals surface area contributed by atoms with E-state index in [0.29, 0.717) is 10.9 Å². The molecule has 0 unspecified atom stereocenters.